The van der Waals surface area contributed by atoms with Crippen molar-refractivity contribution in [1.82, 2.24) is 30.3 Å². The Kier molecular flexibility index (Phi) is 16.3. The fourth-order valence-electron chi connectivity index (χ4n) is 8.52. The molecule has 0 spiro atoms. The first kappa shape index (κ1) is 45.1. The maximum absolute atomic E-state index is 14.3. The van der Waals surface area contributed by atoms with Gasteiger partial charge in [-0.2, -0.15) is 0 Å². The van der Waals surface area contributed by atoms with Crippen LogP contribution >= 0.6 is 11.3 Å². The van der Waals surface area contributed by atoms with Crippen molar-refractivity contribution in [2.75, 3.05) is 47.1 Å². The number of carbonyl (C=O) groups is 4. The quantitative estimate of drug-likeness (QED) is 0.172. The van der Waals surface area contributed by atoms with Crippen LogP contribution in [-0.4, -0.2) is 121 Å². The monoisotopic (exact) mass is 797 g/mol. The van der Waals surface area contributed by atoms with Crippen molar-refractivity contribution in [3.05, 3.63) is 46.4 Å². The highest BCUT2D eigenvalue weighted by atomic mass is 32.1. The van der Waals surface area contributed by atoms with Crippen molar-refractivity contribution in [1.29, 1.82) is 0 Å². The van der Waals surface area contributed by atoms with Crippen LogP contribution in [0.15, 0.2) is 35.8 Å². The Morgan fingerprint density at radius 3 is 2.30 bits per heavy atom. The largest absolute Gasteiger partial charge is 0.399 e. The zero-order valence-corrected chi connectivity index (χ0v) is 36.1. The van der Waals surface area contributed by atoms with Crippen molar-refractivity contribution in [3.8, 4) is 0 Å². The van der Waals surface area contributed by atoms with Crippen LogP contribution in [0.2, 0.25) is 0 Å². The van der Waals surface area contributed by atoms with Crippen LogP contribution in [0.3, 0.4) is 0 Å². The minimum atomic E-state index is -0.738. The van der Waals surface area contributed by atoms with E-state index in [0.717, 1.165) is 42.8 Å². The molecule has 2 aliphatic rings. The minimum Gasteiger partial charge on any atom is -0.399 e. The molecule has 0 aliphatic carbocycles. The molecule has 4 amide bonds. The van der Waals surface area contributed by atoms with E-state index >= 15 is 0 Å². The van der Waals surface area contributed by atoms with E-state index in [1.807, 2.05) is 69.3 Å². The second-order valence-corrected chi connectivity index (χ2v) is 17.4. The number of hydrogen-bond donors (Lipinski definition) is 3. The number of nitrogens with one attached hydrogen (secondary N) is 2. The third-order valence-corrected chi connectivity index (χ3v) is 13.3. The van der Waals surface area contributed by atoms with E-state index in [4.69, 9.17) is 15.2 Å². The summed E-state index contributed by atoms with van der Waals surface area (Å²) in [7, 11) is 6.88. The summed E-state index contributed by atoms with van der Waals surface area (Å²) in [4.78, 5) is 66.3. The van der Waals surface area contributed by atoms with Crippen LogP contribution in [0.1, 0.15) is 96.7 Å². The third-order valence-electron chi connectivity index (χ3n) is 12.5. The van der Waals surface area contributed by atoms with E-state index in [1.165, 1.54) is 11.3 Å². The summed E-state index contributed by atoms with van der Waals surface area (Å²) in [6.45, 7) is 13.1. The summed E-state index contributed by atoms with van der Waals surface area (Å²) in [5.74, 6) is -1.38. The second kappa shape index (κ2) is 20.2. The van der Waals surface area contributed by atoms with Gasteiger partial charge in [-0.05, 0) is 82.2 Å². The maximum atomic E-state index is 14.3. The molecule has 3 heterocycles. The maximum Gasteiger partial charge on any atom is 0.245 e. The molecule has 13 nitrogen and oxygen atoms in total. The third kappa shape index (κ3) is 10.5. The van der Waals surface area contributed by atoms with Crippen molar-refractivity contribution in [3.63, 3.8) is 0 Å². The molecule has 2 saturated heterocycles. The van der Waals surface area contributed by atoms with Gasteiger partial charge in [-0.3, -0.25) is 24.1 Å². The molecule has 14 heteroatoms. The molecule has 56 heavy (non-hydrogen) atoms. The van der Waals surface area contributed by atoms with Crippen molar-refractivity contribution in [2.45, 2.75) is 128 Å². The Morgan fingerprint density at radius 2 is 1.75 bits per heavy atom. The fourth-order valence-corrected chi connectivity index (χ4v) is 9.21. The lowest BCUT2D eigenvalue weighted by atomic mass is 9.89. The molecule has 0 saturated carbocycles. The number of nitrogens with two attached hydrogens (primary N) is 1. The normalized spacial score (nSPS) is 22.6. The molecule has 1 aromatic carbocycles. The topological polar surface area (TPSA) is 159 Å². The second-order valence-electron chi connectivity index (χ2n) is 16.5. The van der Waals surface area contributed by atoms with Crippen molar-refractivity contribution >= 4 is 40.7 Å². The predicted octanol–water partition coefficient (Wildman–Crippen LogP) is 4.67. The average molecular weight is 798 g/mol. The summed E-state index contributed by atoms with van der Waals surface area (Å²) < 4.78 is 12.1. The van der Waals surface area contributed by atoms with Crippen LogP contribution in [0.4, 0.5) is 5.69 Å². The lowest BCUT2D eigenvalue weighted by Gasteiger charge is -2.41. The number of likely N-dealkylation sites (N-methyl/N-ethyl adjacent to an activating group) is 2. The number of nitrogen functional groups attached to an aromatic ring is 1. The van der Waals surface area contributed by atoms with E-state index < -0.39 is 35.7 Å². The zero-order chi connectivity index (χ0) is 41.3. The molecule has 2 fully saturated rings. The van der Waals surface area contributed by atoms with Gasteiger partial charge in [0.25, 0.3) is 0 Å². The molecule has 1 unspecified atom stereocenters. The number of carbonyl (C=O) groups excluding carboxylic acids is 4. The summed E-state index contributed by atoms with van der Waals surface area (Å²) in [6, 6.07) is 5.76. The molecule has 4 N–H and O–H groups in total. The number of likely N-dealkylation sites (tertiary alicyclic amines) is 2. The SMILES string of the molecule is CC[C@H](C)[C@@H](C(CC(=O)N1CCC[C@H]1[C@H](OC)[C@@H](C)C(=O)N[C@@H](Cc1ccc(N)cc1)c1nccs1)OC)N(C)C(=O)[C@@H](NC(=O)[C@]1(C)CCCN1C)C(C)C. The number of benzene rings is 1. The smallest absolute Gasteiger partial charge is 0.245 e. The molecule has 0 radical (unpaired) electrons. The number of anilines is 1. The Labute approximate surface area is 338 Å². The summed E-state index contributed by atoms with van der Waals surface area (Å²) in [5.41, 5.74) is 6.93. The first-order chi connectivity index (χ1) is 26.6. The highest BCUT2D eigenvalue weighted by molar-refractivity contribution is 7.09. The van der Waals surface area contributed by atoms with E-state index in [1.54, 1.807) is 32.4 Å². The van der Waals surface area contributed by atoms with Gasteiger partial charge in [0.1, 0.15) is 11.0 Å². The molecule has 312 valence electrons. The average Bonchev–Trinajstić information content (AvgIpc) is 3.96. The number of amides is 4. The molecule has 0 bridgehead atoms. The number of rotatable bonds is 19. The predicted molar refractivity (Wildman–Crippen MR) is 221 cm³/mol. The van der Waals surface area contributed by atoms with Gasteiger partial charge in [0.05, 0.1) is 48.2 Å². The van der Waals surface area contributed by atoms with Gasteiger partial charge in [-0.25, -0.2) is 4.98 Å². The van der Waals surface area contributed by atoms with Crippen molar-refractivity contribution < 1.29 is 28.7 Å². The van der Waals surface area contributed by atoms with Crippen LogP contribution in [-0.2, 0) is 35.1 Å². The Balaban J connectivity index is 1.48. The van der Waals surface area contributed by atoms with Gasteiger partial charge in [0, 0.05) is 45.1 Å². The zero-order valence-electron chi connectivity index (χ0n) is 35.2. The number of hydrogen-bond acceptors (Lipinski definition) is 10. The van der Waals surface area contributed by atoms with Gasteiger partial charge in [-0.15, -0.1) is 11.3 Å². The van der Waals surface area contributed by atoms with Gasteiger partial charge < -0.3 is 35.6 Å². The first-order valence-corrected chi connectivity index (χ1v) is 21.1. The minimum absolute atomic E-state index is 0.00691. The Hall–Kier alpha value is -3.59. The standard InChI is InChI=1S/C42H67N7O6S/c1-11-27(4)36(48(8)40(52)35(26(2)3)46-41(53)42(6)19-13-21-47(42)7)33(54-9)25-34(50)49-22-12-14-32(49)37(55-10)28(5)38(51)45-31(39-44-20-23-56-39)24-29-15-17-30(43)18-16-29/h15-18,20,23,26-28,31-33,35-37H,11-14,19,21-22,24-25,43H2,1-10H3,(H,45,51)(H,46,53)/t27-,28+,31-,32-,33?,35-,36-,37+,42-/m0/s1. The molecule has 2 aliphatic heterocycles. The molecular weight excluding hydrogens is 731 g/mol. The Bertz CT molecular complexity index is 1590. The van der Waals surface area contributed by atoms with Crippen LogP contribution in [0.5, 0.6) is 0 Å². The first-order valence-electron chi connectivity index (χ1n) is 20.3. The number of nitrogens with zero attached hydrogens (tertiary/aromatic N) is 4. The lowest BCUT2D eigenvalue weighted by molar-refractivity contribution is -0.148. The number of aromatic nitrogens is 1. The number of thiazole rings is 1. The van der Waals surface area contributed by atoms with Crippen LogP contribution < -0.4 is 16.4 Å². The van der Waals surface area contributed by atoms with Crippen LogP contribution in [0.25, 0.3) is 0 Å². The Morgan fingerprint density at radius 1 is 1.05 bits per heavy atom. The summed E-state index contributed by atoms with van der Waals surface area (Å²) in [5, 5.41) is 9.02. The molecule has 4 rings (SSSR count). The van der Waals surface area contributed by atoms with Crippen molar-refractivity contribution in [2.24, 2.45) is 17.8 Å². The van der Waals surface area contributed by atoms with Gasteiger partial charge in [0.15, 0.2) is 0 Å². The fraction of sp³-hybridized carbons (Fsp3) is 0.690. The molecule has 9 atom stereocenters. The summed E-state index contributed by atoms with van der Waals surface area (Å²) in [6.07, 6.45) is 5.04. The van der Waals surface area contributed by atoms with Gasteiger partial charge in [-0.1, -0.05) is 53.2 Å². The molecular formula is C42H67N7O6S. The van der Waals surface area contributed by atoms with Gasteiger partial charge in [0.2, 0.25) is 23.6 Å². The molecule has 2 aromatic rings. The van der Waals surface area contributed by atoms with E-state index in [9.17, 15) is 19.2 Å². The highest BCUT2D eigenvalue weighted by Gasteiger charge is 2.45. The number of ether oxygens (including phenoxy) is 2. The van der Waals surface area contributed by atoms with E-state index in [-0.39, 0.29) is 54.0 Å². The van der Waals surface area contributed by atoms with Crippen LogP contribution in [0, 0.1) is 17.8 Å². The van der Waals surface area contributed by atoms with Gasteiger partial charge >= 0.3 is 0 Å². The summed E-state index contributed by atoms with van der Waals surface area (Å²) >= 11 is 1.49. The lowest BCUT2D eigenvalue weighted by Crippen LogP contribution is -2.61. The highest BCUT2D eigenvalue weighted by Crippen LogP contribution is 2.31. The van der Waals surface area contributed by atoms with E-state index in [0.29, 0.717) is 25.1 Å². The molecule has 1 aromatic heterocycles. The van der Waals surface area contributed by atoms with E-state index in [2.05, 4.69) is 34.4 Å². The number of methoxy groups -OCH3 is 2.